The first-order chi connectivity index (χ1) is 10.8. The van der Waals surface area contributed by atoms with Gasteiger partial charge in [-0.25, -0.2) is 4.79 Å². The number of alkyl carbamates (subject to hydrolysis) is 1. The number of rotatable bonds is 6. The first-order valence-corrected chi connectivity index (χ1v) is 7.25. The summed E-state index contributed by atoms with van der Waals surface area (Å²) in [4.78, 5) is 12.0. The zero-order valence-electron chi connectivity index (χ0n) is 14.6. The minimum absolute atomic E-state index is 0.192. The third kappa shape index (κ3) is 5.21. The van der Waals surface area contributed by atoms with Gasteiger partial charge >= 0.3 is 6.09 Å². The van der Waals surface area contributed by atoms with Crippen molar-refractivity contribution in [2.24, 2.45) is 5.73 Å². The number of benzene rings is 1. The average molecular weight is 326 g/mol. The molecule has 23 heavy (non-hydrogen) atoms. The topological polar surface area (TPSA) is 92.0 Å². The Hall–Kier alpha value is -2.15. The molecule has 0 saturated carbocycles. The van der Waals surface area contributed by atoms with Gasteiger partial charge in [0.2, 0.25) is 5.75 Å². The van der Waals surface area contributed by atoms with Crippen molar-refractivity contribution in [3.8, 4) is 17.2 Å². The Kier molecular flexibility index (Phi) is 6.50. The SMILES string of the molecule is COc1cc([C@H](CN)NC(=O)OC(C)(C)C)cc(OC)c1OC. The van der Waals surface area contributed by atoms with Gasteiger partial charge in [-0.05, 0) is 38.5 Å². The second-order valence-electron chi connectivity index (χ2n) is 5.89. The highest BCUT2D eigenvalue weighted by molar-refractivity contribution is 5.68. The number of hydrogen-bond acceptors (Lipinski definition) is 6. The van der Waals surface area contributed by atoms with Crippen molar-refractivity contribution in [1.29, 1.82) is 0 Å². The van der Waals surface area contributed by atoms with Gasteiger partial charge in [-0.2, -0.15) is 0 Å². The van der Waals surface area contributed by atoms with Crippen LogP contribution < -0.4 is 25.3 Å². The molecule has 0 spiro atoms. The highest BCUT2D eigenvalue weighted by Crippen LogP contribution is 2.39. The summed E-state index contributed by atoms with van der Waals surface area (Å²) < 4.78 is 21.2. The number of methoxy groups -OCH3 is 3. The van der Waals surface area contributed by atoms with E-state index in [1.807, 2.05) is 0 Å². The molecule has 1 aromatic rings. The predicted molar refractivity (Wildman–Crippen MR) is 87.3 cm³/mol. The average Bonchev–Trinajstić information content (AvgIpc) is 2.49. The molecule has 1 rings (SSSR count). The van der Waals surface area contributed by atoms with Gasteiger partial charge in [0.15, 0.2) is 11.5 Å². The normalized spacial score (nSPS) is 12.3. The smallest absolute Gasteiger partial charge is 0.408 e. The Labute approximate surface area is 137 Å². The number of hydrogen-bond donors (Lipinski definition) is 2. The Balaban J connectivity index is 3.08. The molecule has 3 N–H and O–H groups in total. The molecule has 0 heterocycles. The predicted octanol–water partition coefficient (Wildman–Crippen LogP) is 2.24. The molecule has 7 nitrogen and oxygen atoms in total. The summed E-state index contributed by atoms with van der Waals surface area (Å²) in [5.41, 5.74) is 5.93. The van der Waals surface area contributed by atoms with Crippen LogP contribution in [-0.2, 0) is 4.74 Å². The summed E-state index contributed by atoms with van der Waals surface area (Å²) in [6.07, 6.45) is -0.540. The van der Waals surface area contributed by atoms with E-state index in [1.165, 1.54) is 21.3 Å². The number of carbonyl (C=O) groups is 1. The van der Waals surface area contributed by atoms with Gasteiger partial charge in [-0.1, -0.05) is 0 Å². The number of amides is 1. The van der Waals surface area contributed by atoms with E-state index in [0.29, 0.717) is 17.2 Å². The highest BCUT2D eigenvalue weighted by atomic mass is 16.6. The summed E-state index contributed by atoms with van der Waals surface area (Å²) >= 11 is 0. The first kappa shape index (κ1) is 18.9. The lowest BCUT2D eigenvalue weighted by Gasteiger charge is -2.24. The minimum atomic E-state index is -0.585. The van der Waals surface area contributed by atoms with Crippen LogP contribution in [0.4, 0.5) is 4.79 Å². The van der Waals surface area contributed by atoms with Gasteiger partial charge in [0.1, 0.15) is 5.60 Å². The molecule has 1 atom stereocenters. The molecule has 0 saturated heterocycles. The molecule has 7 heteroatoms. The van der Waals surface area contributed by atoms with Crippen LogP contribution in [0.2, 0.25) is 0 Å². The Morgan fingerprint density at radius 3 is 2.00 bits per heavy atom. The number of nitrogens with two attached hydrogens (primary N) is 1. The largest absolute Gasteiger partial charge is 0.493 e. The van der Waals surface area contributed by atoms with E-state index in [9.17, 15) is 4.79 Å². The molecule has 0 aliphatic rings. The van der Waals surface area contributed by atoms with Crippen molar-refractivity contribution in [1.82, 2.24) is 5.32 Å². The summed E-state index contributed by atoms with van der Waals surface area (Å²) in [6.45, 7) is 5.58. The van der Waals surface area contributed by atoms with Gasteiger partial charge in [-0.15, -0.1) is 0 Å². The molecule has 1 aromatic carbocycles. The van der Waals surface area contributed by atoms with Crippen LogP contribution in [0.15, 0.2) is 12.1 Å². The van der Waals surface area contributed by atoms with E-state index < -0.39 is 17.7 Å². The van der Waals surface area contributed by atoms with Crippen LogP contribution >= 0.6 is 0 Å². The molecule has 0 fully saturated rings. The third-order valence-electron chi connectivity index (χ3n) is 3.02. The molecule has 0 aliphatic heterocycles. The Bertz CT molecular complexity index is 515. The van der Waals surface area contributed by atoms with Crippen molar-refractivity contribution in [2.75, 3.05) is 27.9 Å². The van der Waals surface area contributed by atoms with Crippen molar-refractivity contribution in [2.45, 2.75) is 32.4 Å². The minimum Gasteiger partial charge on any atom is -0.493 e. The first-order valence-electron chi connectivity index (χ1n) is 7.25. The molecule has 0 bridgehead atoms. The van der Waals surface area contributed by atoms with Crippen LogP contribution in [-0.4, -0.2) is 39.6 Å². The molecule has 0 unspecified atom stereocenters. The van der Waals surface area contributed by atoms with Crippen LogP contribution in [0.1, 0.15) is 32.4 Å². The molecule has 130 valence electrons. The van der Waals surface area contributed by atoms with Gasteiger partial charge in [-0.3, -0.25) is 0 Å². The van der Waals surface area contributed by atoms with Gasteiger partial charge in [0, 0.05) is 6.54 Å². The fourth-order valence-electron chi connectivity index (χ4n) is 2.03. The number of ether oxygens (including phenoxy) is 4. The number of carbonyl (C=O) groups excluding carboxylic acids is 1. The van der Waals surface area contributed by atoms with E-state index >= 15 is 0 Å². The Morgan fingerprint density at radius 1 is 1.13 bits per heavy atom. The molecular weight excluding hydrogens is 300 g/mol. The van der Waals surface area contributed by atoms with E-state index in [1.54, 1.807) is 32.9 Å². The van der Waals surface area contributed by atoms with Crippen LogP contribution in [0.5, 0.6) is 17.2 Å². The van der Waals surface area contributed by atoms with E-state index in [4.69, 9.17) is 24.7 Å². The quantitative estimate of drug-likeness (QED) is 0.833. The highest BCUT2D eigenvalue weighted by Gasteiger charge is 2.22. The van der Waals surface area contributed by atoms with E-state index in [-0.39, 0.29) is 6.54 Å². The zero-order chi connectivity index (χ0) is 17.6. The second kappa shape index (κ2) is 7.92. The maximum Gasteiger partial charge on any atom is 0.408 e. The van der Waals surface area contributed by atoms with Crippen LogP contribution in [0.3, 0.4) is 0 Å². The molecule has 0 radical (unpaired) electrons. The number of nitrogens with one attached hydrogen (secondary N) is 1. The third-order valence-corrected chi connectivity index (χ3v) is 3.02. The van der Waals surface area contributed by atoms with Crippen molar-refractivity contribution >= 4 is 6.09 Å². The maximum absolute atomic E-state index is 12.0. The summed E-state index contributed by atoms with van der Waals surface area (Å²) in [6, 6.07) is 3.05. The molecule has 0 aromatic heterocycles. The van der Waals surface area contributed by atoms with E-state index in [2.05, 4.69) is 5.32 Å². The van der Waals surface area contributed by atoms with Crippen molar-refractivity contribution < 1.29 is 23.7 Å². The maximum atomic E-state index is 12.0. The lowest BCUT2D eigenvalue weighted by Crippen LogP contribution is -2.37. The van der Waals surface area contributed by atoms with Gasteiger partial charge in [0.25, 0.3) is 0 Å². The fraction of sp³-hybridized carbons (Fsp3) is 0.562. The summed E-state index contributed by atoms with van der Waals surface area (Å²) in [5.74, 6) is 1.46. The van der Waals surface area contributed by atoms with Crippen LogP contribution in [0, 0.1) is 0 Å². The standard InChI is InChI=1S/C16H26N2O5/c1-16(2,3)23-15(19)18-11(9-17)10-7-12(20-4)14(22-6)13(8-10)21-5/h7-8,11H,9,17H2,1-6H3,(H,18,19)/t11-/m0/s1. The van der Waals surface area contributed by atoms with E-state index in [0.717, 1.165) is 5.56 Å². The van der Waals surface area contributed by atoms with Gasteiger partial charge in [0.05, 0.1) is 27.4 Å². The van der Waals surface area contributed by atoms with Crippen molar-refractivity contribution in [3.63, 3.8) is 0 Å². The fourth-order valence-corrected chi connectivity index (χ4v) is 2.03. The summed E-state index contributed by atoms with van der Waals surface area (Å²) in [7, 11) is 4.58. The zero-order valence-corrected chi connectivity index (χ0v) is 14.6. The summed E-state index contributed by atoms with van der Waals surface area (Å²) in [5, 5.41) is 2.74. The van der Waals surface area contributed by atoms with Gasteiger partial charge < -0.3 is 30.0 Å². The van der Waals surface area contributed by atoms with Crippen molar-refractivity contribution in [3.05, 3.63) is 17.7 Å². The van der Waals surface area contributed by atoms with Crippen LogP contribution in [0.25, 0.3) is 0 Å². The second-order valence-corrected chi connectivity index (χ2v) is 5.89. The monoisotopic (exact) mass is 326 g/mol. The lowest BCUT2D eigenvalue weighted by molar-refractivity contribution is 0.0505. The Morgan fingerprint density at radius 2 is 1.65 bits per heavy atom. The molecular formula is C16H26N2O5. The molecule has 0 aliphatic carbocycles. The molecule has 1 amide bonds. The lowest BCUT2D eigenvalue weighted by atomic mass is 10.1.